The molecule has 0 spiro atoms. The summed E-state index contributed by atoms with van der Waals surface area (Å²) >= 11 is 0. The number of aryl methyl sites for hydroxylation is 2. The first-order valence-electron chi connectivity index (χ1n) is 12.7. The maximum Gasteiger partial charge on any atom is 0.228 e. The number of fused-ring (bicyclic) bond motifs is 1. The highest BCUT2D eigenvalue weighted by molar-refractivity contribution is 5.92. The van der Waals surface area contributed by atoms with Crippen LogP contribution >= 0.6 is 0 Å². The number of nitrogens with zero attached hydrogens (tertiary/aromatic N) is 3. The number of ether oxygens (including phenoxy) is 1. The number of likely N-dealkylation sites (tertiary alicyclic amines) is 1. The number of rotatable bonds is 7. The van der Waals surface area contributed by atoms with Crippen LogP contribution in [-0.2, 0) is 17.9 Å². The SMILES string of the molecule is COc1ccc(Cn2c(CN3CCC[C@@H](C(=O)Nc4ccc(C)c(C)c4)C3)nc3ccccc32)cc1. The van der Waals surface area contributed by atoms with Crippen molar-refractivity contribution in [3.05, 3.63) is 89.2 Å². The lowest BCUT2D eigenvalue weighted by atomic mass is 9.97. The van der Waals surface area contributed by atoms with Gasteiger partial charge in [-0.2, -0.15) is 0 Å². The van der Waals surface area contributed by atoms with Crippen molar-refractivity contribution in [3.63, 3.8) is 0 Å². The van der Waals surface area contributed by atoms with Crippen LogP contribution in [0.1, 0.15) is 35.4 Å². The smallest absolute Gasteiger partial charge is 0.228 e. The number of aromatic nitrogens is 2. The molecule has 6 nitrogen and oxygen atoms in total. The van der Waals surface area contributed by atoms with Crippen molar-refractivity contribution in [1.82, 2.24) is 14.5 Å². The fourth-order valence-corrected chi connectivity index (χ4v) is 5.01. The van der Waals surface area contributed by atoms with E-state index in [1.165, 1.54) is 16.7 Å². The van der Waals surface area contributed by atoms with E-state index in [9.17, 15) is 4.79 Å². The molecule has 0 unspecified atom stereocenters. The molecule has 4 aromatic rings. The molecule has 1 fully saturated rings. The third kappa shape index (κ3) is 5.29. The first-order chi connectivity index (χ1) is 17.5. The molecule has 1 amide bonds. The van der Waals surface area contributed by atoms with Crippen LogP contribution in [0.5, 0.6) is 5.75 Å². The topological polar surface area (TPSA) is 59.4 Å². The largest absolute Gasteiger partial charge is 0.497 e. The second kappa shape index (κ2) is 10.5. The highest BCUT2D eigenvalue weighted by atomic mass is 16.5. The molecule has 36 heavy (non-hydrogen) atoms. The highest BCUT2D eigenvalue weighted by Gasteiger charge is 2.27. The molecule has 5 rings (SSSR count). The number of imidazole rings is 1. The van der Waals surface area contributed by atoms with Gasteiger partial charge in [-0.15, -0.1) is 0 Å². The molecule has 2 heterocycles. The number of carbonyl (C=O) groups excluding carboxylic acids is 1. The molecule has 0 radical (unpaired) electrons. The molecule has 6 heteroatoms. The van der Waals surface area contributed by atoms with Crippen LogP contribution < -0.4 is 10.1 Å². The number of hydrogen-bond acceptors (Lipinski definition) is 4. The van der Waals surface area contributed by atoms with Gasteiger partial charge < -0.3 is 14.6 Å². The molecule has 1 aromatic heterocycles. The molecule has 1 saturated heterocycles. The summed E-state index contributed by atoms with van der Waals surface area (Å²) in [5, 5.41) is 3.14. The Morgan fingerprint density at radius 3 is 2.61 bits per heavy atom. The molecule has 186 valence electrons. The number of nitrogens with one attached hydrogen (secondary N) is 1. The summed E-state index contributed by atoms with van der Waals surface area (Å²) in [6.45, 7) is 7.33. The van der Waals surface area contributed by atoms with Crippen molar-refractivity contribution in [1.29, 1.82) is 0 Å². The molecular formula is C30H34N4O2. The van der Waals surface area contributed by atoms with Crippen molar-refractivity contribution in [3.8, 4) is 5.75 Å². The predicted octanol–water partition coefficient (Wildman–Crippen LogP) is 5.56. The van der Waals surface area contributed by atoms with E-state index >= 15 is 0 Å². The molecule has 0 bridgehead atoms. The van der Waals surface area contributed by atoms with Gasteiger partial charge in [-0.25, -0.2) is 4.98 Å². The number of anilines is 1. The van der Waals surface area contributed by atoms with Gasteiger partial charge in [0.1, 0.15) is 11.6 Å². The summed E-state index contributed by atoms with van der Waals surface area (Å²) in [4.78, 5) is 20.5. The zero-order valence-corrected chi connectivity index (χ0v) is 21.3. The van der Waals surface area contributed by atoms with Crippen LogP contribution in [0.3, 0.4) is 0 Å². The first-order valence-corrected chi connectivity index (χ1v) is 12.7. The predicted molar refractivity (Wildman–Crippen MR) is 144 cm³/mol. The Hall–Kier alpha value is -3.64. The minimum atomic E-state index is -0.0280. The zero-order chi connectivity index (χ0) is 25.1. The number of hydrogen-bond donors (Lipinski definition) is 1. The van der Waals surface area contributed by atoms with Gasteiger partial charge in [0, 0.05) is 18.8 Å². The van der Waals surface area contributed by atoms with E-state index in [2.05, 4.69) is 71.1 Å². The van der Waals surface area contributed by atoms with Crippen molar-refractivity contribution < 1.29 is 9.53 Å². The standard InChI is InChI=1S/C30H34N4O2/c1-21-10-13-25(17-22(21)2)31-30(35)24-7-6-16-33(19-24)20-29-32-27-8-4-5-9-28(27)34(29)18-23-11-14-26(36-3)15-12-23/h4-5,8-15,17,24H,6-7,16,18-20H2,1-3H3,(H,31,35)/t24-/m1/s1. The van der Waals surface area contributed by atoms with Crippen LogP contribution in [0.25, 0.3) is 11.0 Å². The van der Waals surface area contributed by atoms with Crippen LogP contribution in [-0.4, -0.2) is 40.6 Å². The Bertz CT molecular complexity index is 1360. The zero-order valence-electron chi connectivity index (χ0n) is 21.3. The molecule has 0 aliphatic carbocycles. The monoisotopic (exact) mass is 482 g/mol. The average Bonchev–Trinajstić information content (AvgIpc) is 3.23. The molecule has 0 saturated carbocycles. The molecular weight excluding hydrogens is 448 g/mol. The van der Waals surface area contributed by atoms with Gasteiger partial charge in [0.15, 0.2) is 0 Å². The Labute approximate surface area is 212 Å². The number of para-hydroxylation sites is 2. The van der Waals surface area contributed by atoms with Gasteiger partial charge in [0.05, 0.1) is 30.6 Å². The lowest BCUT2D eigenvalue weighted by molar-refractivity contribution is -0.121. The fourth-order valence-electron chi connectivity index (χ4n) is 5.01. The van der Waals surface area contributed by atoms with Gasteiger partial charge in [0.25, 0.3) is 0 Å². The van der Waals surface area contributed by atoms with E-state index in [0.717, 1.165) is 67.3 Å². The average molecular weight is 483 g/mol. The van der Waals surface area contributed by atoms with Gasteiger partial charge in [0.2, 0.25) is 5.91 Å². The fraction of sp³-hybridized carbons (Fsp3) is 0.333. The second-order valence-corrected chi connectivity index (χ2v) is 9.81. The second-order valence-electron chi connectivity index (χ2n) is 9.81. The van der Waals surface area contributed by atoms with E-state index in [1.54, 1.807) is 7.11 Å². The summed E-state index contributed by atoms with van der Waals surface area (Å²) in [5.41, 5.74) is 6.63. The number of amides is 1. The van der Waals surface area contributed by atoms with Crippen LogP contribution in [0.2, 0.25) is 0 Å². The molecule has 3 aromatic carbocycles. The Kier molecular flexibility index (Phi) is 7.05. The van der Waals surface area contributed by atoms with E-state index in [-0.39, 0.29) is 11.8 Å². The van der Waals surface area contributed by atoms with Crippen molar-refractivity contribution in [2.24, 2.45) is 5.92 Å². The normalized spacial score (nSPS) is 16.2. The lowest BCUT2D eigenvalue weighted by Gasteiger charge is -2.31. The number of benzene rings is 3. The third-order valence-corrected chi connectivity index (χ3v) is 7.25. The summed E-state index contributed by atoms with van der Waals surface area (Å²) < 4.78 is 7.62. The van der Waals surface area contributed by atoms with Crippen LogP contribution in [0, 0.1) is 19.8 Å². The maximum atomic E-state index is 13.1. The van der Waals surface area contributed by atoms with Gasteiger partial charge >= 0.3 is 0 Å². The van der Waals surface area contributed by atoms with Crippen molar-refractivity contribution in [2.45, 2.75) is 39.8 Å². The molecule has 1 N–H and O–H groups in total. The summed E-state index contributed by atoms with van der Waals surface area (Å²) in [6.07, 6.45) is 1.92. The van der Waals surface area contributed by atoms with Crippen molar-refractivity contribution in [2.75, 3.05) is 25.5 Å². The van der Waals surface area contributed by atoms with Gasteiger partial charge in [-0.3, -0.25) is 9.69 Å². The van der Waals surface area contributed by atoms with E-state index in [0.29, 0.717) is 0 Å². The molecule has 1 atom stereocenters. The molecule has 1 aliphatic rings. The van der Waals surface area contributed by atoms with Crippen molar-refractivity contribution >= 4 is 22.6 Å². The lowest BCUT2D eigenvalue weighted by Crippen LogP contribution is -2.40. The maximum absolute atomic E-state index is 13.1. The Morgan fingerprint density at radius 1 is 1.03 bits per heavy atom. The minimum Gasteiger partial charge on any atom is -0.497 e. The Morgan fingerprint density at radius 2 is 1.83 bits per heavy atom. The van der Waals surface area contributed by atoms with Gasteiger partial charge in [-0.1, -0.05) is 30.3 Å². The number of carbonyl (C=O) groups is 1. The van der Waals surface area contributed by atoms with Crippen LogP contribution in [0.4, 0.5) is 5.69 Å². The van der Waals surface area contributed by atoms with Gasteiger partial charge in [-0.05, 0) is 86.3 Å². The summed E-state index contributed by atoms with van der Waals surface area (Å²) in [7, 11) is 1.68. The highest BCUT2D eigenvalue weighted by Crippen LogP contribution is 2.24. The quantitative estimate of drug-likeness (QED) is 0.375. The van der Waals surface area contributed by atoms with E-state index in [1.807, 2.05) is 24.3 Å². The summed E-state index contributed by atoms with van der Waals surface area (Å²) in [5.74, 6) is 1.96. The molecule has 1 aliphatic heterocycles. The number of methoxy groups -OCH3 is 1. The van der Waals surface area contributed by atoms with E-state index in [4.69, 9.17) is 9.72 Å². The third-order valence-electron chi connectivity index (χ3n) is 7.25. The van der Waals surface area contributed by atoms with E-state index < -0.39 is 0 Å². The minimum absolute atomic E-state index is 0.0280. The van der Waals surface area contributed by atoms with Crippen LogP contribution in [0.15, 0.2) is 66.7 Å². The first kappa shape index (κ1) is 24.1. The number of piperidine rings is 1. The Balaban J connectivity index is 1.32. The summed E-state index contributed by atoms with van der Waals surface area (Å²) in [6, 6.07) is 22.6.